The number of carbonyl (C=O) groups is 1. The van der Waals surface area contributed by atoms with Crippen LogP contribution in [-0.2, 0) is 17.8 Å². The van der Waals surface area contributed by atoms with Gasteiger partial charge in [-0.2, -0.15) is 25.6 Å². The van der Waals surface area contributed by atoms with Crippen LogP contribution >= 0.6 is 11.8 Å². The number of allylic oxidation sites excluding steroid dienone is 2. The maximum absolute atomic E-state index is 15.3. The van der Waals surface area contributed by atoms with Crippen LogP contribution < -0.4 is 14.8 Å². The number of aromatic nitrogens is 3. The van der Waals surface area contributed by atoms with Gasteiger partial charge in [0.1, 0.15) is 17.2 Å². The molecule has 3 heterocycles. The molecule has 0 spiro atoms. The lowest BCUT2D eigenvalue weighted by Gasteiger charge is -2.25. The number of oxazole rings is 1. The van der Waals surface area contributed by atoms with Gasteiger partial charge >= 0.3 is 12.2 Å². The summed E-state index contributed by atoms with van der Waals surface area (Å²) in [5, 5.41) is 15.7. The Hall–Kier alpha value is -4.63. The molecule has 1 amide bonds. The SMILES string of the molecule is CSC1C=C(c2ccc(-c3cc(C(F)(F)C(=O)NC4CC4)nn3C)c(-c3oc(C)nc3-c3ccc4c(c3)OC(F)(F)O4)c2)C=C(F)C1CO. The summed E-state index contributed by atoms with van der Waals surface area (Å²) in [6, 6.07) is 9.94. The van der Waals surface area contributed by atoms with Crippen molar-refractivity contribution in [3.8, 4) is 45.3 Å². The molecule has 4 aromatic rings. The molecule has 15 heteroatoms. The maximum atomic E-state index is 15.3. The first-order valence-electron chi connectivity index (χ1n) is 15.3. The number of amides is 1. The smallest absolute Gasteiger partial charge is 0.440 e. The number of halogens is 5. The Bertz CT molecular complexity index is 2040. The fraction of sp³-hybridized carbons (Fsp3) is 0.324. The van der Waals surface area contributed by atoms with Crippen LogP contribution in [0.5, 0.6) is 11.5 Å². The van der Waals surface area contributed by atoms with E-state index in [0.29, 0.717) is 40.7 Å². The zero-order chi connectivity index (χ0) is 34.8. The molecule has 7 rings (SSSR count). The highest BCUT2D eigenvalue weighted by Gasteiger charge is 2.46. The molecule has 0 radical (unpaired) electrons. The van der Waals surface area contributed by atoms with Crippen LogP contribution in [0.4, 0.5) is 22.0 Å². The molecular formula is C34H29F5N4O5S. The van der Waals surface area contributed by atoms with Crippen molar-refractivity contribution in [2.45, 2.75) is 43.3 Å². The molecule has 3 aliphatic rings. The zero-order valence-electron chi connectivity index (χ0n) is 26.3. The summed E-state index contributed by atoms with van der Waals surface area (Å²) in [6.45, 7) is 1.20. The molecule has 2 aromatic carbocycles. The van der Waals surface area contributed by atoms with E-state index in [1.54, 1.807) is 31.4 Å². The number of aliphatic hydroxyl groups excluding tert-OH is 1. The van der Waals surface area contributed by atoms with E-state index in [0.717, 1.165) is 6.07 Å². The Balaban J connectivity index is 1.38. The van der Waals surface area contributed by atoms with Gasteiger partial charge < -0.3 is 24.3 Å². The fourth-order valence-electron chi connectivity index (χ4n) is 5.89. The van der Waals surface area contributed by atoms with E-state index in [-0.39, 0.29) is 52.4 Å². The van der Waals surface area contributed by atoms with Crippen molar-refractivity contribution in [3.05, 3.63) is 77.6 Å². The number of aliphatic hydroxyl groups is 1. The third kappa shape index (κ3) is 6.09. The van der Waals surface area contributed by atoms with Crippen LogP contribution in [0.15, 0.2) is 64.9 Å². The Morgan fingerprint density at radius 2 is 1.84 bits per heavy atom. The van der Waals surface area contributed by atoms with E-state index >= 15 is 13.2 Å². The minimum Gasteiger partial charge on any atom is -0.440 e. The van der Waals surface area contributed by atoms with E-state index < -0.39 is 35.6 Å². The van der Waals surface area contributed by atoms with Gasteiger partial charge in [-0.25, -0.2) is 9.37 Å². The number of carbonyl (C=O) groups excluding carboxylic acids is 1. The van der Waals surface area contributed by atoms with Crippen LogP contribution in [0, 0.1) is 12.8 Å². The summed E-state index contributed by atoms with van der Waals surface area (Å²) in [7, 11) is 1.45. The second-order valence-corrected chi connectivity index (χ2v) is 13.0. The lowest BCUT2D eigenvalue weighted by molar-refractivity contribution is -0.286. The fourth-order valence-corrected chi connectivity index (χ4v) is 6.71. The molecule has 256 valence electrons. The minimum absolute atomic E-state index is 0.150. The summed E-state index contributed by atoms with van der Waals surface area (Å²) < 4.78 is 90.0. The van der Waals surface area contributed by atoms with Crippen molar-refractivity contribution in [2.24, 2.45) is 13.0 Å². The quantitative estimate of drug-likeness (QED) is 0.180. The third-order valence-electron chi connectivity index (χ3n) is 8.54. The maximum Gasteiger partial charge on any atom is 0.586 e. The first kappa shape index (κ1) is 32.9. The van der Waals surface area contributed by atoms with Crippen molar-refractivity contribution in [1.82, 2.24) is 20.1 Å². The summed E-state index contributed by atoms with van der Waals surface area (Å²) in [6.07, 6.45) is 2.38. The van der Waals surface area contributed by atoms with Crippen LogP contribution in [0.2, 0.25) is 0 Å². The number of thioether (sulfide) groups is 1. The van der Waals surface area contributed by atoms with Crippen LogP contribution in [-0.4, -0.2) is 56.2 Å². The highest BCUT2D eigenvalue weighted by molar-refractivity contribution is 7.99. The largest absolute Gasteiger partial charge is 0.586 e. The average Bonchev–Trinajstić information content (AvgIpc) is 3.51. The summed E-state index contributed by atoms with van der Waals surface area (Å²) >= 11 is 1.37. The predicted octanol–water partition coefficient (Wildman–Crippen LogP) is 7.00. The molecule has 1 saturated carbocycles. The molecule has 1 fully saturated rings. The van der Waals surface area contributed by atoms with E-state index in [1.165, 1.54) is 47.8 Å². The number of hydrogen-bond donors (Lipinski definition) is 2. The first-order chi connectivity index (χ1) is 23.3. The Morgan fingerprint density at radius 1 is 1.10 bits per heavy atom. The van der Waals surface area contributed by atoms with Gasteiger partial charge in [0.25, 0.3) is 5.91 Å². The second-order valence-electron chi connectivity index (χ2n) is 12.0. The minimum atomic E-state index is -3.92. The van der Waals surface area contributed by atoms with Crippen molar-refractivity contribution in [2.75, 3.05) is 12.9 Å². The average molecular weight is 701 g/mol. The standard InChI is InChI=1S/C34H29F5N4O5S/c1-16-40-30(18-5-9-26-27(12-18)48-34(38,39)47-26)31(46-16)22-10-17(19-11-24(35)23(15-44)28(13-19)49-3)4-8-21(22)25-14-29(42-43(25)2)33(36,37)32(45)41-20-6-7-20/h4-5,8-14,20,23,28,44H,6-7,15H2,1-3H3,(H,41,45). The topological polar surface area (TPSA) is 112 Å². The van der Waals surface area contributed by atoms with Gasteiger partial charge in [-0.15, -0.1) is 8.78 Å². The summed E-state index contributed by atoms with van der Waals surface area (Å²) in [4.78, 5) is 17.0. The van der Waals surface area contributed by atoms with Crippen molar-refractivity contribution < 1.29 is 45.7 Å². The van der Waals surface area contributed by atoms with Crippen molar-refractivity contribution in [3.63, 3.8) is 0 Å². The Kier molecular flexibility index (Phi) is 8.09. The molecule has 49 heavy (non-hydrogen) atoms. The van der Waals surface area contributed by atoms with Gasteiger partial charge in [-0.1, -0.05) is 18.2 Å². The highest BCUT2D eigenvalue weighted by Crippen LogP contribution is 2.46. The normalized spacial score (nSPS) is 19.9. The summed E-state index contributed by atoms with van der Waals surface area (Å²) in [5.74, 6) is -6.62. The molecular weight excluding hydrogens is 671 g/mol. The van der Waals surface area contributed by atoms with Crippen LogP contribution in [0.1, 0.15) is 30.0 Å². The lowest BCUT2D eigenvalue weighted by atomic mass is 9.89. The molecule has 2 aromatic heterocycles. The van der Waals surface area contributed by atoms with Gasteiger partial charge in [-0.05, 0) is 66.6 Å². The monoisotopic (exact) mass is 700 g/mol. The van der Waals surface area contributed by atoms with E-state index in [1.807, 2.05) is 6.08 Å². The third-order valence-corrected chi connectivity index (χ3v) is 9.55. The van der Waals surface area contributed by atoms with Gasteiger partial charge in [0.05, 0.1) is 12.3 Å². The number of rotatable bonds is 9. The van der Waals surface area contributed by atoms with E-state index in [2.05, 4.69) is 24.9 Å². The number of fused-ring (bicyclic) bond motifs is 1. The Morgan fingerprint density at radius 3 is 2.55 bits per heavy atom. The van der Waals surface area contributed by atoms with E-state index in [4.69, 9.17) is 4.42 Å². The van der Waals surface area contributed by atoms with Gasteiger partial charge in [0.15, 0.2) is 23.1 Å². The zero-order valence-corrected chi connectivity index (χ0v) is 27.1. The molecule has 1 aliphatic heterocycles. The molecule has 9 nitrogen and oxygen atoms in total. The van der Waals surface area contributed by atoms with Crippen LogP contribution in [0.3, 0.4) is 0 Å². The molecule has 0 bridgehead atoms. The highest BCUT2D eigenvalue weighted by atomic mass is 32.2. The summed E-state index contributed by atoms with van der Waals surface area (Å²) in [5.41, 5.74) is 1.70. The number of aryl methyl sites for hydroxylation is 2. The van der Waals surface area contributed by atoms with Gasteiger partial charge in [-0.3, -0.25) is 9.48 Å². The number of ether oxygens (including phenoxy) is 2. The van der Waals surface area contributed by atoms with E-state index in [9.17, 15) is 18.7 Å². The first-order valence-corrected chi connectivity index (χ1v) is 16.6. The molecule has 2 aliphatic carbocycles. The lowest BCUT2D eigenvalue weighted by Crippen LogP contribution is -2.39. The number of hydrogen-bond acceptors (Lipinski definition) is 8. The second kappa shape index (κ2) is 12.1. The number of alkyl halides is 4. The number of nitrogens with zero attached hydrogens (tertiary/aromatic N) is 3. The molecule has 0 saturated heterocycles. The number of nitrogens with one attached hydrogen (secondary N) is 1. The molecule has 2 atom stereocenters. The number of benzene rings is 2. The predicted molar refractivity (Wildman–Crippen MR) is 171 cm³/mol. The van der Waals surface area contributed by atoms with Gasteiger partial charge in [0.2, 0.25) is 0 Å². The molecule has 2 N–H and O–H groups in total. The van der Waals surface area contributed by atoms with Crippen molar-refractivity contribution >= 4 is 23.2 Å². The Labute approximate surface area is 280 Å². The van der Waals surface area contributed by atoms with Crippen LogP contribution in [0.25, 0.3) is 39.4 Å². The van der Waals surface area contributed by atoms with Gasteiger partial charge in [0, 0.05) is 47.9 Å². The molecule has 2 unspecified atom stereocenters. The van der Waals surface area contributed by atoms with Crippen molar-refractivity contribution in [1.29, 1.82) is 0 Å².